The summed E-state index contributed by atoms with van der Waals surface area (Å²) in [6, 6.07) is 9.84. The van der Waals surface area contributed by atoms with E-state index in [-0.39, 0.29) is 5.91 Å². The van der Waals surface area contributed by atoms with Gasteiger partial charge >= 0.3 is 0 Å². The zero-order valence-electron chi connectivity index (χ0n) is 14.3. The molecular formula is C19H24N4O. The van der Waals surface area contributed by atoms with E-state index in [2.05, 4.69) is 34.1 Å². The summed E-state index contributed by atoms with van der Waals surface area (Å²) < 4.78 is 0. The monoisotopic (exact) mass is 324 g/mol. The topological polar surface area (TPSA) is 48.5 Å². The standard InChI is InChI=1S/C19H24N4O/c1-3-15-6-4-5-7-18(15)21-19(24)16-12-17(14-20-13-16)23-10-8-22(2)9-11-23/h4-7,12-14H,3,8-11H2,1-2H3,(H,21,24). The van der Waals surface area contributed by atoms with Crippen LogP contribution in [0.4, 0.5) is 11.4 Å². The number of aryl methyl sites for hydroxylation is 1. The molecule has 5 nitrogen and oxygen atoms in total. The molecule has 24 heavy (non-hydrogen) atoms. The Hall–Kier alpha value is -2.40. The average molecular weight is 324 g/mol. The van der Waals surface area contributed by atoms with Crippen LogP contribution in [0.1, 0.15) is 22.8 Å². The molecule has 1 saturated heterocycles. The maximum atomic E-state index is 12.6. The molecule has 1 aromatic carbocycles. The number of aromatic nitrogens is 1. The summed E-state index contributed by atoms with van der Waals surface area (Å²) in [6.45, 7) is 6.06. The van der Waals surface area contributed by atoms with E-state index < -0.39 is 0 Å². The van der Waals surface area contributed by atoms with Gasteiger partial charge in [0.25, 0.3) is 5.91 Å². The fourth-order valence-electron chi connectivity index (χ4n) is 2.93. The van der Waals surface area contributed by atoms with Gasteiger partial charge in [-0.05, 0) is 31.2 Å². The van der Waals surface area contributed by atoms with Crippen LogP contribution in [0.3, 0.4) is 0 Å². The van der Waals surface area contributed by atoms with Crippen LogP contribution >= 0.6 is 0 Å². The molecule has 2 heterocycles. The van der Waals surface area contributed by atoms with Crippen LogP contribution < -0.4 is 10.2 Å². The lowest BCUT2D eigenvalue weighted by molar-refractivity contribution is 0.102. The van der Waals surface area contributed by atoms with E-state index in [9.17, 15) is 4.79 Å². The van der Waals surface area contributed by atoms with Gasteiger partial charge in [0.05, 0.1) is 17.4 Å². The molecular weight excluding hydrogens is 300 g/mol. The summed E-state index contributed by atoms with van der Waals surface area (Å²) >= 11 is 0. The Morgan fingerprint density at radius 3 is 2.67 bits per heavy atom. The van der Waals surface area contributed by atoms with Gasteiger partial charge in [-0.1, -0.05) is 25.1 Å². The zero-order chi connectivity index (χ0) is 16.9. The largest absolute Gasteiger partial charge is 0.368 e. The smallest absolute Gasteiger partial charge is 0.257 e. The average Bonchev–Trinajstić information content (AvgIpc) is 2.63. The van der Waals surface area contributed by atoms with Crippen LogP contribution in [-0.2, 0) is 6.42 Å². The molecule has 3 rings (SSSR count). The third kappa shape index (κ3) is 3.74. The molecule has 1 aromatic heterocycles. The van der Waals surface area contributed by atoms with Gasteiger partial charge in [0, 0.05) is 38.1 Å². The van der Waals surface area contributed by atoms with Crippen molar-refractivity contribution in [1.82, 2.24) is 9.88 Å². The maximum absolute atomic E-state index is 12.6. The molecule has 0 saturated carbocycles. The lowest BCUT2D eigenvalue weighted by Crippen LogP contribution is -2.44. The second-order valence-corrected chi connectivity index (χ2v) is 6.19. The third-order valence-electron chi connectivity index (χ3n) is 4.50. The van der Waals surface area contributed by atoms with E-state index in [0.717, 1.165) is 49.5 Å². The van der Waals surface area contributed by atoms with Crippen molar-refractivity contribution in [3.8, 4) is 0 Å². The van der Waals surface area contributed by atoms with Crippen molar-refractivity contribution < 1.29 is 4.79 Å². The minimum atomic E-state index is -0.112. The normalized spacial score (nSPS) is 15.3. The van der Waals surface area contributed by atoms with E-state index in [1.807, 2.05) is 36.5 Å². The number of hydrogen-bond donors (Lipinski definition) is 1. The molecule has 0 radical (unpaired) electrons. The predicted molar refractivity (Wildman–Crippen MR) is 97.7 cm³/mol. The highest BCUT2D eigenvalue weighted by molar-refractivity contribution is 6.05. The minimum Gasteiger partial charge on any atom is -0.368 e. The Morgan fingerprint density at radius 2 is 1.92 bits per heavy atom. The van der Waals surface area contributed by atoms with Crippen LogP contribution in [0, 0.1) is 0 Å². The van der Waals surface area contributed by atoms with E-state index in [1.54, 1.807) is 6.20 Å². The van der Waals surface area contributed by atoms with Gasteiger partial charge in [-0.25, -0.2) is 0 Å². The van der Waals surface area contributed by atoms with Crippen molar-refractivity contribution in [2.24, 2.45) is 0 Å². The molecule has 0 spiro atoms. The number of anilines is 2. The van der Waals surface area contributed by atoms with Crippen molar-refractivity contribution in [3.63, 3.8) is 0 Å². The van der Waals surface area contributed by atoms with Crippen LogP contribution in [-0.4, -0.2) is 49.0 Å². The summed E-state index contributed by atoms with van der Waals surface area (Å²) in [7, 11) is 2.13. The van der Waals surface area contributed by atoms with E-state index in [1.165, 1.54) is 0 Å². The van der Waals surface area contributed by atoms with Crippen molar-refractivity contribution in [2.75, 3.05) is 43.4 Å². The molecule has 1 fully saturated rings. The fraction of sp³-hybridized carbons (Fsp3) is 0.368. The fourth-order valence-corrected chi connectivity index (χ4v) is 2.93. The van der Waals surface area contributed by atoms with Crippen LogP contribution in [0.15, 0.2) is 42.7 Å². The lowest BCUT2D eigenvalue weighted by atomic mass is 10.1. The molecule has 1 aliphatic rings. The number of para-hydroxylation sites is 1. The molecule has 0 aliphatic carbocycles. The van der Waals surface area contributed by atoms with Crippen molar-refractivity contribution in [3.05, 3.63) is 53.9 Å². The second-order valence-electron chi connectivity index (χ2n) is 6.19. The first-order valence-electron chi connectivity index (χ1n) is 8.45. The second kappa shape index (κ2) is 7.45. The Balaban J connectivity index is 1.75. The van der Waals surface area contributed by atoms with Crippen molar-refractivity contribution >= 4 is 17.3 Å². The number of rotatable bonds is 4. The summed E-state index contributed by atoms with van der Waals surface area (Å²) in [5.41, 5.74) is 3.61. The Morgan fingerprint density at radius 1 is 1.17 bits per heavy atom. The quantitative estimate of drug-likeness (QED) is 0.939. The predicted octanol–water partition coefficient (Wildman–Crippen LogP) is 2.65. The summed E-state index contributed by atoms with van der Waals surface area (Å²) in [6.07, 6.45) is 4.35. The number of pyridine rings is 1. The van der Waals surface area contributed by atoms with Gasteiger partial charge in [-0.2, -0.15) is 0 Å². The van der Waals surface area contributed by atoms with Gasteiger partial charge in [0.15, 0.2) is 0 Å². The Bertz CT molecular complexity index is 708. The van der Waals surface area contributed by atoms with Crippen LogP contribution in [0.25, 0.3) is 0 Å². The third-order valence-corrected chi connectivity index (χ3v) is 4.50. The van der Waals surface area contributed by atoms with Crippen LogP contribution in [0.5, 0.6) is 0 Å². The summed E-state index contributed by atoms with van der Waals surface area (Å²) in [5, 5.41) is 3.01. The SMILES string of the molecule is CCc1ccccc1NC(=O)c1cncc(N2CCN(C)CC2)c1. The highest BCUT2D eigenvalue weighted by Crippen LogP contribution is 2.19. The number of nitrogens with one attached hydrogen (secondary N) is 1. The molecule has 0 bridgehead atoms. The summed E-state index contributed by atoms with van der Waals surface area (Å²) in [5.74, 6) is -0.112. The first-order valence-corrected chi connectivity index (χ1v) is 8.45. The lowest BCUT2D eigenvalue weighted by Gasteiger charge is -2.33. The Labute approximate surface area is 143 Å². The van der Waals surface area contributed by atoms with Gasteiger partial charge in [-0.3, -0.25) is 9.78 Å². The first kappa shape index (κ1) is 16.5. The highest BCUT2D eigenvalue weighted by atomic mass is 16.1. The van der Waals surface area contributed by atoms with Gasteiger partial charge in [0.2, 0.25) is 0 Å². The summed E-state index contributed by atoms with van der Waals surface area (Å²) in [4.78, 5) is 21.4. The van der Waals surface area contributed by atoms with Gasteiger partial charge < -0.3 is 15.1 Å². The molecule has 1 amide bonds. The van der Waals surface area contributed by atoms with E-state index in [4.69, 9.17) is 0 Å². The number of piperazine rings is 1. The molecule has 2 aromatic rings. The number of benzene rings is 1. The highest BCUT2D eigenvalue weighted by Gasteiger charge is 2.16. The van der Waals surface area contributed by atoms with Gasteiger partial charge in [0.1, 0.15) is 0 Å². The number of carbonyl (C=O) groups is 1. The minimum absolute atomic E-state index is 0.112. The van der Waals surface area contributed by atoms with E-state index >= 15 is 0 Å². The van der Waals surface area contributed by atoms with E-state index in [0.29, 0.717) is 5.56 Å². The first-order chi connectivity index (χ1) is 11.7. The molecule has 1 N–H and O–H groups in total. The number of hydrogen-bond acceptors (Lipinski definition) is 4. The molecule has 126 valence electrons. The number of carbonyl (C=O) groups excluding carboxylic acids is 1. The number of nitrogens with zero attached hydrogens (tertiary/aromatic N) is 3. The van der Waals surface area contributed by atoms with Crippen molar-refractivity contribution in [1.29, 1.82) is 0 Å². The maximum Gasteiger partial charge on any atom is 0.257 e. The molecule has 1 aliphatic heterocycles. The van der Waals surface area contributed by atoms with Crippen molar-refractivity contribution in [2.45, 2.75) is 13.3 Å². The number of likely N-dealkylation sites (N-methyl/N-ethyl adjacent to an activating group) is 1. The van der Waals surface area contributed by atoms with Gasteiger partial charge in [-0.15, -0.1) is 0 Å². The molecule has 0 atom stereocenters. The zero-order valence-corrected chi connectivity index (χ0v) is 14.3. The van der Waals surface area contributed by atoms with Crippen LogP contribution in [0.2, 0.25) is 0 Å². The molecule has 0 unspecified atom stereocenters. The number of amides is 1. The molecule has 5 heteroatoms. The Kier molecular flexibility index (Phi) is 5.11.